The van der Waals surface area contributed by atoms with Crippen molar-refractivity contribution in [2.75, 3.05) is 0 Å². The van der Waals surface area contributed by atoms with Crippen LogP contribution in [0.2, 0.25) is 0 Å². The fourth-order valence-electron chi connectivity index (χ4n) is 1.37. The molecule has 0 N–H and O–H groups in total. The van der Waals surface area contributed by atoms with E-state index in [0.29, 0.717) is 0 Å². The van der Waals surface area contributed by atoms with Crippen LogP contribution in [-0.2, 0) is 7.05 Å². The number of aryl methyl sites for hydroxylation is 2. The van der Waals surface area contributed by atoms with Crippen LogP contribution in [0.25, 0.3) is 10.9 Å². The third-order valence-electron chi connectivity index (χ3n) is 1.94. The normalized spacial score (nSPS) is 10.7. The van der Waals surface area contributed by atoms with Crippen molar-refractivity contribution in [2.24, 2.45) is 7.05 Å². The average Bonchev–Trinajstić information content (AvgIpc) is 2.30. The SMILES string of the molecule is Cc1cn(C)c2cn[c]cc12. The van der Waals surface area contributed by atoms with E-state index >= 15 is 0 Å². The van der Waals surface area contributed by atoms with Gasteiger partial charge in [0.05, 0.1) is 17.9 Å². The Morgan fingerprint density at radius 2 is 2.36 bits per heavy atom. The van der Waals surface area contributed by atoms with Crippen molar-refractivity contribution < 1.29 is 0 Å². The molecule has 0 spiro atoms. The number of rotatable bonds is 0. The molecule has 11 heavy (non-hydrogen) atoms. The van der Waals surface area contributed by atoms with Crippen molar-refractivity contribution in [2.45, 2.75) is 6.92 Å². The fraction of sp³-hybridized carbons (Fsp3) is 0.222. The first-order valence-electron chi connectivity index (χ1n) is 3.57. The summed E-state index contributed by atoms with van der Waals surface area (Å²) in [6.45, 7) is 2.09. The van der Waals surface area contributed by atoms with Gasteiger partial charge in [-0.25, -0.2) is 0 Å². The van der Waals surface area contributed by atoms with Crippen molar-refractivity contribution in [3.05, 3.63) is 30.2 Å². The van der Waals surface area contributed by atoms with Gasteiger partial charge in [0, 0.05) is 18.6 Å². The van der Waals surface area contributed by atoms with Crippen molar-refractivity contribution in [3.63, 3.8) is 0 Å². The van der Waals surface area contributed by atoms with Crippen LogP contribution in [0, 0.1) is 13.1 Å². The van der Waals surface area contributed by atoms with Crippen LogP contribution < -0.4 is 0 Å². The van der Waals surface area contributed by atoms with Gasteiger partial charge in [0.25, 0.3) is 0 Å². The lowest BCUT2D eigenvalue weighted by molar-refractivity contribution is 0.960. The minimum atomic E-state index is 1.17. The zero-order valence-electron chi connectivity index (χ0n) is 6.63. The maximum atomic E-state index is 3.94. The maximum absolute atomic E-state index is 3.94. The summed E-state index contributed by atoms with van der Waals surface area (Å²) in [5, 5.41) is 1.24. The zero-order chi connectivity index (χ0) is 7.84. The molecular formula is C9H9N2. The van der Waals surface area contributed by atoms with E-state index in [9.17, 15) is 0 Å². The van der Waals surface area contributed by atoms with Gasteiger partial charge < -0.3 is 4.57 Å². The molecule has 2 heterocycles. The third kappa shape index (κ3) is 0.827. The van der Waals surface area contributed by atoms with Crippen LogP contribution in [0.4, 0.5) is 0 Å². The second-order valence-corrected chi connectivity index (χ2v) is 2.75. The molecular weight excluding hydrogens is 136 g/mol. The van der Waals surface area contributed by atoms with E-state index in [-0.39, 0.29) is 0 Å². The summed E-state index contributed by atoms with van der Waals surface area (Å²) in [6.07, 6.45) is 6.76. The Balaban J connectivity index is 2.95. The van der Waals surface area contributed by atoms with E-state index in [1.807, 2.05) is 19.3 Å². The first kappa shape index (κ1) is 6.40. The molecule has 2 rings (SSSR count). The van der Waals surface area contributed by atoms with E-state index in [4.69, 9.17) is 0 Å². The molecule has 2 nitrogen and oxygen atoms in total. The van der Waals surface area contributed by atoms with Gasteiger partial charge in [-0.2, -0.15) is 0 Å². The molecule has 2 aromatic heterocycles. The molecule has 0 aliphatic carbocycles. The zero-order valence-corrected chi connectivity index (χ0v) is 6.63. The summed E-state index contributed by atoms with van der Waals surface area (Å²) >= 11 is 0. The van der Waals surface area contributed by atoms with Crippen molar-refractivity contribution in [1.29, 1.82) is 0 Å². The van der Waals surface area contributed by atoms with Crippen LogP contribution in [0.5, 0.6) is 0 Å². The number of pyridine rings is 1. The molecule has 2 aromatic rings. The molecule has 0 saturated heterocycles. The Labute approximate surface area is 65.5 Å². The first-order valence-corrected chi connectivity index (χ1v) is 3.57. The fourth-order valence-corrected chi connectivity index (χ4v) is 1.37. The Morgan fingerprint density at radius 3 is 3.09 bits per heavy atom. The molecule has 0 atom stereocenters. The van der Waals surface area contributed by atoms with Crippen LogP contribution in [0.3, 0.4) is 0 Å². The van der Waals surface area contributed by atoms with E-state index < -0.39 is 0 Å². The number of hydrogen-bond donors (Lipinski definition) is 0. The summed E-state index contributed by atoms with van der Waals surface area (Å²) in [7, 11) is 2.02. The molecule has 0 aliphatic rings. The van der Waals surface area contributed by atoms with E-state index in [0.717, 1.165) is 0 Å². The Kier molecular flexibility index (Phi) is 1.22. The molecule has 1 radical (unpaired) electrons. The number of fused-ring (bicyclic) bond motifs is 1. The maximum Gasteiger partial charge on any atom is 0.0894 e. The molecule has 0 amide bonds. The van der Waals surface area contributed by atoms with Crippen LogP contribution in [0.1, 0.15) is 5.56 Å². The third-order valence-corrected chi connectivity index (χ3v) is 1.94. The van der Waals surface area contributed by atoms with E-state index in [1.54, 1.807) is 0 Å². The Morgan fingerprint density at radius 1 is 1.55 bits per heavy atom. The molecule has 55 valence electrons. The number of nitrogens with zero attached hydrogens (tertiary/aromatic N) is 2. The van der Waals surface area contributed by atoms with E-state index in [2.05, 4.69) is 28.9 Å². The van der Waals surface area contributed by atoms with Crippen molar-refractivity contribution in [1.82, 2.24) is 9.55 Å². The van der Waals surface area contributed by atoms with Gasteiger partial charge in [-0.05, 0) is 18.6 Å². The highest BCUT2D eigenvalue weighted by molar-refractivity contribution is 5.82. The minimum absolute atomic E-state index is 1.17. The summed E-state index contributed by atoms with van der Waals surface area (Å²) in [4.78, 5) is 3.94. The molecule has 0 aliphatic heterocycles. The van der Waals surface area contributed by atoms with Crippen molar-refractivity contribution in [3.8, 4) is 0 Å². The van der Waals surface area contributed by atoms with Gasteiger partial charge in [-0.3, -0.25) is 4.98 Å². The molecule has 0 aromatic carbocycles. The van der Waals surface area contributed by atoms with Crippen LogP contribution in [0.15, 0.2) is 18.5 Å². The quantitative estimate of drug-likeness (QED) is 0.551. The van der Waals surface area contributed by atoms with Gasteiger partial charge in [0.15, 0.2) is 0 Å². The molecule has 0 bridgehead atoms. The topological polar surface area (TPSA) is 17.8 Å². The second-order valence-electron chi connectivity index (χ2n) is 2.75. The smallest absolute Gasteiger partial charge is 0.0894 e. The first-order chi connectivity index (χ1) is 5.29. The van der Waals surface area contributed by atoms with Gasteiger partial charge >= 0.3 is 0 Å². The molecule has 0 unspecified atom stereocenters. The average molecular weight is 145 g/mol. The van der Waals surface area contributed by atoms with Gasteiger partial charge in [0.1, 0.15) is 0 Å². The summed E-state index contributed by atoms with van der Waals surface area (Å²) < 4.78 is 2.07. The predicted molar refractivity (Wildman–Crippen MR) is 44.3 cm³/mol. The summed E-state index contributed by atoms with van der Waals surface area (Å²) in [5.41, 5.74) is 2.45. The summed E-state index contributed by atoms with van der Waals surface area (Å²) in [5.74, 6) is 0. The number of aromatic nitrogens is 2. The largest absolute Gasteiger partial charge is 0.349 e. The van der Waals surface area contributed by atoms with Gasteiger partial charge in [-0.1, -0.05) is 0 Å². The Hall–Kier alpha value is -1.31. The summed E-state index contributed by atoms with van der Waals surface area (Å²) in [6, 6.07) is 1.92. The van der Waals surface area contributed by atoms with E-state index in [1.165, 1.54) is 16.5 Å². The minimum Gasteiger partial charge on any atom is -0.349 e. The lowest BCUT2D eigenvalue weighted by Crippen LogP contribution is -1.83. The standard InChI is InChI=1S/C9H9N2/c1-7-6-11(2)9-5-10-4-3-8(7)9/h3,5-6H,1-2H3. The second kappa shape index (κ2) is 2.09. The van der Waals surface area contributed by atoms with Gasteiger partial charge in [-0.15, -0.1) is 0 Å². The Bertz CT molecular complexity index is 351. The highest BCUT2D eigenvalue weighted by Crippen LogP contribution is 2.17. The van der Waals surface area contributed by atoms with Crippen LogP contribution in [-0.4, -0.2) is 9.55 Å². The highest BCUT2D eigenvalue weighted by atomic mass is 14.9. The van der Waals surface area contributed by atoms with Crippen LogP contribution >= 0.6 is 0 Å². The lowest BCUT2D eigenvalue weighted by Gasteiger charge is -1.91. The van der Waals surface area contributed by atoms with Gasteiger partial charge in [0.2, 0.25) is 0 Å². The monoisotopic (exact) mass is 145 g/mol. The lowest BCUT2D eigenvalue weighted by atomic mass is 10.2. The van der Waals surface area contributed by atoms with Crippen molar-refractivity contribution >= 4 is 10.9 Å². The predicted octanol–water partition coefficient (Wildman–Crippen LogP) is 1.68. The highest BCUT2D eigenvalue weighted by Gasteiger charge is 2.00. The molecule has 0 fully saturated rings. The number of hydrogen-bond acceptors (Lipinski definition) is 1. The molecule has 2 heteroatoms. The molecule has 0 saturated carbocycles.